The maximum Gasteiger partial charge on any atom is 0.236 e. The van der Waals surface area contributed by atoms with Crippen LogP contribution in [0.2, 0.25) is 0 Å². The predicted octanol–water partition coefficient (Wildman–Crippen LogP) is 4.12. The molecule has 0 radical (unpaired) electrons. The van der Waals surface area contributed by atoms with Gasteiger partial charge in [0.15, 0.2) is 5.96 Å². The van der Waals surface area contributed by atoms with Gasteiger partial charge in [0.1, 0.15) is 12.0 Å². The summed E-state index contributed by atoms with van der Waals surface area (Å²) in [6, 6.07) is 15.2. The molecule has 3 heterocycles. The zero-order valence-corrected chi connectivity index (χ0v) is 18.2. The van der Waals surface area contributed by atoms with Crippen molar-refractivity contribution in [2.24, 2.45) is 4.99 Å². The van der Waals surface area contributed by atoms with Crippen molar-refractivity contribution in [1.29, 1.82) is 0 Å². The van der Waals surface area contributed by atoms with Gasteiger partial charge in [-0.3, -0.25) is 4.90 Å². The number of likely N-dealkylation sites (tertiary alicyclic amines) is 1. The van der Waals surface area contributed by atoms with Gasteiger partial charge in [-0.2, -0.15) is 0 Å². The van der Waals surface area contributed by atoms with Crippen LogP contribution in [0.15, 0.2) is 63.5 Å². The SMILES string of the molecule is CCNC(=NCc1coc(-c2cccs2)n1)NC1CCN(Cc2ccccc2)CC1. The van der Waals surface area contributed by atoms with E-state index in [-0.39, 0.29) is 0 Å². The number of aliphatic imine (C=N–C) groups is 1. The van der Waals surface area contributed by atoms with Crippen LogP contribution in [0.5, 0.6) is 0 Å². The number of aromatic nitrogens is 1. The molecule has 0 spiro atoms. The molecule has 0 bridgehead atoms. The third-order valence-electron chi connectivity index (χ3n) is 5.20. The summed E-state index contributed by atoms with van der Waals surface area (Å²) in [5, 5.41) is 8.98. The Morgan fingerprint density at radius 3 is 2.77 bits per heavy atom. The lowest BCUT2D eigenvalue weighted by atomic mass is 10.0. The highest BCUT2D eigenvalue weighted by atomic mass is 32.1. The number of benzene rings is 1. The first-order chi connectivity index (χ1) is 14.8. The van der Waals surface area contributed by atoms with Gasteiger partial charge in [0, 0.05) is 32.2 Å². The van der Waals surface area contributed by atoms with Gasteiger partial charge in [0.05, 0.1) is 11.4 Å². The summed E-state index contributed by atoms with van der Waals surface area (Å²) in [5.41, 5.74) is 2.22. The Hall–Kier alpha value is -2.64. The molecule has 6 nitrogen and oxygen atoms in total. The highest BCUT2D eigenvalue weighted by Crippen LogP contribution is 2.23. The molecule has 0 atom stereocenters. The fraction of sp³-hybridized carbons (Fsp3) is 0.391. The number of hydrogen-bond acceptors (Lipinski definition) is 5. The molecule has 7 heteroatoms. The van der Waals surface area contributed by atoms with E-state index in [1.165, 1.54) is 5.56 Å². The summed E-state index contributed by atoms with van der Waals surface area (Å²) in [7, 11) is 0. The normalized spacial score (nSPS) is 16.0. The number of hydrogen-bond donors (Lipinski definition) is 2. The quantitative estimate of drug-likeness (QED) is 0.442. The van der Waals surface area contributed by atoms with Crippen LogP contribution in [-0.4, -0.2) is 41.5 Å². The van der Waals surface area contributed by atoms with Gasteiger partial charge in [-0.15, -0.1) is 11.3 Å². The Kier molecular flexibility index (Phi) is 7.16. The molecular weight excluding hydrogens is 394 g/mol. The van der Waals surface area contributed by atoms with Crippen molar-refractivity contribution >= 4 is 17.3 Å². The third-order valence-corrected chi connectivity index (χ3v) is 6.06. The van der Waals surface area contributed by atoms with Crippen LogP contribution in [0, 0.1) is 0 Å². The lowest BCUT2D eigenvalue weighted by molar-refractivity contribution is 0.198. The summed E-state index contributed by atoms with van der Waals surface area (Å²) >= 11 is 1.62. The number of rotatable bonds is 7. The van der Waals surface area contributed by atoms with E-state index in [0.29, 0.717) is 18.5 Å². The smallest absolute Gasteiger partial charge is 0.236 e. The van der Waals surface area contributed by atoms with E-state index in [1.54, 1.807) is 17.6 Å². The minimum absolute atomic E-state index is 0.439. The lowest BCUT2D eigenvalue weighted by Gasteiger charge is -2.33. The number of thiophene rings is 1. The minimum atomic E-state index is 0.439. The van der Waals surface area contributed by atoms with Gasteiger partial charge in [-0.05, 0) is 36.8 Å². The first-order valence-electron chi connectivity index (χ1n) is 10.6. The van der Waals surface area contributed by atoms with Gasteiger partial charge >= 0.3 is 0 Å². The maximum atomic E-state index is 5.60. The number of oxazole rings is 1. The molecule has 2 aromatic heterocycles. The average Bonchev–Trinajstić information content (AvgIpc) is 3.46. The molecule has 1 aromatic carbocycles. The Morgan fingerprint density at radius 2 is 2.03 bits per heavy atom. The van der Waals surface area contributed by atoms with Crippen molar-refractivity contribution in [3.05, 3.63) is 65.4 Å². The fourth-order valence-corrected chi connectivity index (χ4v) is 4.30. The molecule has 0 amide bonds. The highest BCUT2D eigenvalue weighted by molar-refractivity contribution is 7.13. The van der Waals surface area contributed by atoms with E-state index in [2.05, 4.69) is 57.8 Å². The Morgan fingerprint density at radius 1 is 1.20 bits per heavy atom. The van der Waals surface area contributed by atoms with Crippen molar-refractivity contribution in [1.82, 2.24) is 20.5 Å². The molecule has 0 unspecified atom stereocenters. The number of piperidine rings is 1. The van der Waals surface area contributed by atoms with Gasteiger partial charge in [0.2, 0.25) is 5.89 Å². The zero-order chi connectivity index (χ0) is 20.6. The second-order valence-electron chi connectivity index (χ2n) is 7.50. The zero-order valence-electron chi connectivity index (χ0n) is 17.4. The third kappa shape index (κ3) is 5.70. The second kappa shape index (κ2) is 10.4. The molecular formula is C23H29N5OS. The van der Waals surface area contributed by atoms with Crippen molar-refractivity contribution in [2.45, 2.75) is 38.9 Å². The Balaban J connectivity index is 1.28. The maximum absolute atomic E-state index is 5.60. The van der Waals surface area contributed by atoms with Gasteiger partial charge < -0.3 is 15.1 Å². The van der Waals surface area contributed by atoms with Crippen LogP contribution in [-0.2, 0) is 13.1 Å². The van der Waals surface area contributed by atoms with Crippen molar-refractivity contribution in [2.75, 3.05) is 19.6 Å². The molecule has 0 aliphatic carbocycles. The molecule has 4 rings (SSSR count). The van der Waals surface area contributed by atoms with Crippen LogP contribution in [0.3, 0.4) is 0 Å². The molecule has 3 aromatic rings. The van der Waals surface area contributed by atoms with E-state index in [9.17, 15) is 0 Å². The van der Waals surface area contributed by atoms with Gasteiger partial charge in [-0.25, -0.2) is 9.98 Å². The Bertz CT molecular complexity index is 914. The molecule has 1 fully saturated rings. The average molecular weight is 424 g/mol. The van der Waals surface area contributed by atoms with E-state index in [4.69, 9.17) is 9.41 Å². The fourth-order valence-electron chi connectivity index (χ4n) is 3.64. The topological polar surface area (TPSA) is 65.7 Å². The molecule has 1 aliphatic heterocycles. The summed E-state index contributed by atoms with van der Waals surface area (Å²) in [6.07, 6.45) is 3.93. The monoisotopic (exact) mass is 423 g/mol. The van der Waals surface area contributed by atoms with E-state index in [1.807, 2.05) is 17.5 Å². The molecule has 1 saturated heterocycles. The first-order valence-corrected chi connectivity index (χ1v) is 11.5. The van der Waals surface area contributed by atoms with Gasteiger partial charge in [-0.1, -0.05) is 36.4 Å². The summed E-state index contributed by atoms with van der Waals surface area (Å²) in [4.78, 5) is 12.8. The lowest BCUT2D eigenvalue weighted by Crippen LogP contribution is -2.48. The van der Waals surface area contributed by atoms with Crippen molar-refractivity contribution < 1.29 is 4.42 Å². The number of guanidine groups is 1. The minimum Gasteiger partial charge on any atom is -0.443 e. The van der Waals surface area contributed by atoms with E-state index >= 15 is 0 Å². The van der Waals surface area contributed by atoms with Crippen LogP contribution in [0.4, 0.5) is 0 Å². The van der Waals surface area contributed by atoms with Crippen molar-refractivity contribution in [3.63, 3.8) is 0 Å². The standard InChI is InChI=1S/C23H29N5OS/c1-2-24-23(25-15-20-17-29-22(26-20)21-9-6-14-30-21)27-19-10-12-28(13-11-19)16-18-7-4-3-5-8-18/h3-9,14,17,19H,2,10-13,15-16H2,1H3,(H2,24,25,27). The molecule has 158 valence electrons. The van der Waals surface area contributed by atoms with E-state index < -0.39 is 0 Å². The van der Waals surface area contributed by atoms with Crippen LogP contribution in [0.1, 0.15) is 31.0 Å². The van der Waals surface area contributed by atoms with E-state index in [0.717, 1.165) is 55.6 Å². The highest BCUT2D eigenvalue weighted by Gasteiger charge is 2.20. The van der Waals surface area contributed by atoms with Crippen LogP contribution >= 0.6 is 11.3 Å². The molecule has 30 heavy (non-hydrogen) atoms. The van der Waals surface area contributed by atoms with Gasteiger partial charge in [0.25, 0.3) is 0 Å². The molecule has 1 aliphatic rings. The van der Waals surface area contributed by atoms with Crippen LogP contribution < -0.4 is 10.6 Å². The largest absolute Gasteiger partial charge is 0.443 e. The first kappa shape index (κ1) is 20.6. The summed E-state index contributed by atoms with van der Waals surface area (Å²) < 4.78 is 5.60. The predicted molar refractivity (Wildman–Crippen MR) is 123 cm³/mol. The Labute approximate surface area is 182 Å². The number of nitrogens with one attached hydrogen (secondary N) is 2. The molecule has 2 N–H and O–H groups in total. The van der Waals surface area contributed by atoms with Crippen LogP contribution in [0.25, 0.3) is 10.8 Å². The second-order valence-corrected chi connectivity index (χ2v) is 8.44. The van der Waals surface area contributed by atoms with Crippen molar-refractivity contribution in [3.8, 4) is 10.8 Å². The number of nitrogens with zero attached hydrogens (tertiary/aromatic N) is 3. The summed E-state index contributed by atoms with van der Waals surface area (Å²) in [6.45, 7) is 6.64. The molecule has 0 saturated carbocycles. The summed E-state index contributed by atoms with van der Waals surface area (Å²) in [5.74, 6) is 1.51.